The third kappa shape index (κ3) is 3.52. The van der Waals surface area contributed by atoms with E-state index >= 15 is 0 Å². The number of nitrogens with zero attached hydrogens (tertiary/aromatic N) is 3. The number of piperazine rings is 1. The highest BCUT2D eigenvalue weighted by atomic mass is 16.5. The number of carbonyl (C=O) groups excluding carboxylic acids is 1. The molecule has 0 radical (unpaired) electrons. The summed E-state index contributed by atoms with van der Waals surface area (Å²) in [6.07, 6.45) is 1.15. The van der Waals surface area contributed by atoms with Crippen molar-refractivity contribution in [3.05, 3.63) is 41.7 Å². The lowest BCUT2D eigenvalue weighted by molar-refractivity contribution is 0.0610. The number of aromatic nitrogens is 1. The van der Waals surface area contributed by atoms with Gasteiger partial charge in [-0.3, -0.25) is 9.69 Å². The molecule has 0 bridgehead atoms. The largest absolute Gasteiger partial charge is 0.381 e. The zero-order valence-corrected chi connectivity index (χ0v) is 15.2. The first kappa shape index (κ1) is 17.2. The average molecular weight is 355 g/mol. The quantitative estimate of drug-likeness (QED) is 0.843. The van der Waals surface area contributed by atoms with Crippen molar-refractivity contribution in [1.82, 2.24) is 15.0 Å². The molecule has 1 amide bonds. The lowest BCUT2D eigenvalue weighted by Crippen LogP contribution is -2.50. The Labute approximate surface area is 153 Å². The number of carbonyl (C=O) groups is 1. The molecular weight excluding hydrogens is 330 g/mol. The molecule has 1 unspecified atom stereocenters. The molecule has 6 nitrogen and oxygen atoms in total. The van der Waals surface area contributed by atoms with Gasteiger partial charge >= 0.3 is 0 Å². The van der Waals surface area contributed by atoms with E-state index in [1.54, 1.807) is 0 Å². The first-order valence-electron chi connectivity index (χ1n) is 9.33. The highest BCUT2D eigenvalue weighted by molar-refractivity contribution is 6.00. The highest BCUT2D eigenvalue weighted by Gasteiger charge is 2.29. The minimum absolute atomic E-state index is 0.0199. The van der Waals surface area contributed by atoms with Gasteiger partial charge in [-0.2, -0.15) is 0 Å². The zero-order valence-electron chi connectivity index (χ0n) is 15.2. The monoisotopic (exact) mass is 355 g/mol. The van der Waals surface area contributed by atoms with Crippen molar-refractivity contribution in [2.75, 3.05) is 45.9 Å². The fourth-order valence-corrected chi connectivity index (χ4v) is 3.80. The molecule has 3 heterocycles. The summed E-state index contributed by atoms with van der Waals surface area (Å²) in [6, 6.07) is 9.75. The van der Waals surface area contributed by atoms with Crippen LogP contribution in [0.25, 0.3) is 11.3 Å². The van der Waals surface area contributed by atoms with E-state index in [0.717, 1.165) is 57.9 Å². The number of benzene rings is 1. The van der Waals surface area contributed by atoms with E-state index in [9.17, 15) is 4.79 Å². The van der Waals surface area contributed by atoms with E-state index in [2.05, 4.69) is 10.1 Å². The van der Waals surface area contributed by atoms with Crippen molar-refractivity contribution in [1.29, 1.82) is 0 Å². The van der Waals surface area contributed by atoms with Crippen LogP contribution in [0.15, 0.2) is 34.9 Å². The van der Waals surface area contributed by atoms with Gasteiger partial charge in [0.1, 0.15) is 17.0 Å². The Balaban J connectivity index is 1.43. The number of aryl methyl sites for hydroxylation is 1. The SMILES string of the molecule is Cc1onc(-c2ccccc2)c1C(=O)N1CCN(CC2CCOC2)CC1. The molecule has 0 N–H and O–H groups in total. The van der Waals surface area contributed by atoms with E-state index in [0.29, 0.717) is 22.9 Å². The maximum Gasteiger partial charge on any atom is 0.259 e. The van der Waals surface area contributed by atoms with Gasteiger partial charge in [-0.1, -0.05) is 35.5 Å². The van der Waals surface area contributed by atoms with Gasteiger partial charge in [-0.25, -0.2) is 0 Å². The summed E-state index contributed by atoms with van der Waals surface area (Å²) in [4.78, 5) is 17.5. The standard InChI is InChI=1S/C20H25N3O3/c1-15-18(19(21-26-15)17-5-3-2-4-6-17)20(24)23-10-8-22(9-11-23)13-16-7-12-25-14-16/h2-6,16H,7-14H2,1H3. The summed E-state index contributed by atoms with van der Waals surface area (Å²) >= 11 is 0. The van der Waals surface area contributed by atoms with Gasteiger partial charge in [0.05, 0.1) is 6.61 Å². The average Bonchev–Trinajstić information content (AvgIpc) is 3.32. The van der Waals surface area contributed by atoms with Crippen LogP contribution in [0.1, 0.15) is 22.5 Å². The van der Waals surface area contributed by atoms with E-state index < -0.39 is 0 Å². The Hall–Kier alpha value is -2.18. The molecule has 0 aliphatic carbocycles. The summed E-state index contributed by atoms with van der Waals surface area (Å²) < 4.78 is 10.8. The Morgan fingerprint density at radius 3 is 2.65 bits per heavy atom. The summed E-state index contributed by atoms with van der Waals surface area (Å²) in [6.45, 7) is 7.95. The zero-order chi connectivity index (χ0) is 17.9. The number of rotatable bonds is 4. The van der Waals surface area contributed by atoms with Crippen molar-refractivity contribution < 1.29 is 14.1 Å². The van der Waals surface area contributed by atoms with Crippen molar-refractivity contribution >= 4 is 5.91 Å². The van der Waals surface area contributed by atoms with Crippen molar-refractivity contribution in [3.8, 4) is 11.3 Å². The second-order valence-corrected chi connectivity index (χ2v) is 7.15. The fourth-order valence-electron chi connectivity index (χ4n) is 3.80. The normalized spacial score (nSPS) is 21.3. The van der Waals surface area contributed by atoms with Crippen LogP contribution in [0.2, 0.25) is 0 Å². The van der Waals surface area contributed by atoms with Gasteiger partial charge in [0, 0.05) is 44.9 Å². The second-order valence-electron chi connectivity index (χ2n) is 7.15. The summed E-state index contributed by atoms with van der Waals surface area (Å²) in [5.41, 5.74) is 2.14. The number of amides is 1. The number of hydrogen-bond acceptors (Lipinski definition) is 5. The van der Waals surface area contributed by atoms with Crippen LogP contribution in [0.3, 0.4) is 0 Å². The van der Waals surface area contributed by atoms with Crippen molar-refractivity contribution in [2.45, 2.75) is 13.3 Å². The predicted molar refractivity (Wildman–Crippen MR) is 97.9 cm³/mol. The lowest BCUT2D eigenvalue weighted by Gasteiger charge is -2.35. The maximum atomic E-state index is 13.1. The van der Waals surface area contributed by atoms with E-state index in [4.69, 9.17) is 9.26 Å². The molecule has 0 spiro atoms. The maximum absolute atomic E-state index is 13.1. The molecule has 0 saturated carbocycles. The molecule has 138 valence electrons. The van der Waals surface area contributed by atoms with Crippen molar-refractivity contribution in [2.24, 2.45) is 5.92 Å². The Kier molecular flexibility index (Phi) is 5.04. The molecule has 2 aliphatic heterocycles. The van der Waals surface area contributed by atoms with E-state index in [1.165, 1.54) is 0 Å². The van der Waals surface area contributed by atoms with Crippen LogP contribution in [0.5, 0.6) is 0 Å². The van der Waals surface area contributed by atoms with E-state index in [1.807, 2.05) is 42.2 Å². The predicted octanol–water partition coefficient (Wildman–Crippen LogP) is 2.44. The van der Waals surface area contributed by atoms with Crippen LogP contribution < -0.4 is 0 Å². The molecule has 26 heavy (non-hydrogen) atoms. The molecule has 2 saturated heterocycles. The van der Waals surface area contributed by atoms with Gasteiger partial charge in [-0.15, -0.1) is 0 Å². The molecule has 2 fully saturated rings. The van der Waals surface area contributed by atoms with Gasteiger partial charge in [0.15, 0.2) is 0 Å². The number of ether oxygens (including phenoxy) is 1. The summed E-state index contributed by atoms with van der Waals surface area (Å²) in [5, 5.41) is 4.14. The Bertz CT molecular complexity index is 745. The first-order chi connectivity index (χ1) is 12.7. The molecule has 1 aromatic heterocycles. The van der Waals surface area contributed by atoms with Crippen LogP contribution in [0.4, 0.5) is 0 Å². The minimum atomic E-state index is 0.0199. The Morgan fingerprint density at radius 2 is 1.96 bits per heavy atom. The fraction of sp³-hybridized carbons (Fsp3) is 0.500. The Morgan fingerprint density at radius 1 is 1.19 bits per heavy atom. The summed E-state index contributed by atoms with van der Waals surface area (Å²) in [7, 11) is 0. The van der Waals surface area contributed by atoms with Gasteiger partial charge in [-0.05, 0) is 19.3 Å². The van der Waals surface area contributed by atoms with Gasteiger partial charge < -0.3 is 14.2 Å². The van der Waals surface area contributed by atoms with Crippen LogP contribution in [-0.2, 0) is 4.74 Å². The van der Waals surface area contributed by atoms with Crippen LogP contribution >= 0.6 is 0 Å². The lowest BCUT2D eigenvalue weighted by atomic mass is 10.0. The molecule has 6 heteroatoms. The molecule has 2 aliphatic rings. The molecule has 2 aromatic rings. The highest BCUT2D eigenvalue weighted by Crippen LogP contribution is 2.27. The molecule has 1 aromatic carbocycles. The molecular formula is C20H25N3O3. The van der Waals surface area contributed by atoms with Crippen LogP contribution in [-0.4, -0.2) is 66.8 Å². The third-order valence-electron chi connectivity index (χ3n) is 5.32. The van der Waals surface area contributed by atoms with Gasteiger partial charge in [0.2, 0.25) is 0 Å². The van der Waals surface area contributed by atoms with E-state index in [-0.39, 0.29) is 5.91 Å². The number of hydrogen-bond donors (Lipinski definition) is 0. The van der Waals surface area contributed by atoms with Gasteiger partial charge in [0.25, 0.3) is 5.91 Å². The summed E-state index contributed by atoms with van der Waals surface area (Å²) in [5.74, 6) is 1.24. The smallest absolute Gasteiger partial charge is 0.259 e. The van der Waals surface area contributed by atoms with Crippen molar-refractivity contribution in [3.63, 3.8) is 0 Å². The van der Waals surface area contributed by atoms with Crippen LogP contribution in [0, 0.1) is 12.8 Å². The minimum Gasteiger partial charge on any atom is -0.381 e. The topological polar surface area (TPSA) is 58.8 Å². The second kappa shape index (κ2) is 7.60. The molecule has 1 atom stereocenters. The first-order valence-corrected chi connectivity index (χ1v) is 9.33. The third-order valence-corrected chi connectivity index (χ3v) is 5.32. The molecule has 4 rings (SSSR count).